The molecule has 0 saturated heterocycles. The Kier molecular flexibility index (Phi) is 9.56. The summed E-state index contributed by atoms with van der Waals surface area (Å²) in [6, 6.07) is 9.92. The van der Waals surface area contributed by atoms with Gasteiger partial charge in [-0.2, -0.15) is 0 Å². The van der Waals surface area contributed by atoms with E-state index in [0.29, 0.717) is 16.1 Å². The number of hydrogen-bond acceptors (Lipinski definition) is 5. The fourth-order valence-electron chi connectivity index (χ4n) is 3.39. The smallest absolute Gasteiger partial charge is 0.244 e. The van der Waals surface area contributed by atoms with Crippen molar-refractivity contribution in [1.29, 1.82) is 0 Å². The summed E-state index contributed by atoms with van der Waals surface area (Å²) in [4.78, 5) is 39.7. The molecule has 2 aromatic carbocycles. The van der Waals surface area contributed by atoms with Gasteiger partial charge < -0.3 is 10.2 Å². The Bertz CT molecular complexity index is 1260. The van der Waals surface area contributed by atoms with Crippen LogP contribution >= 0.6 is 23.2 Å². The molecule has 1 atom stereocenters. The zero-order valence-corrected chi connectivity index (χ0v) is 23.5. The van der Waals surface area contributed by atoms with Gasteiger partial charge in [0.15, 0.2) is 5.78 Å². The number of nitrogens with zero attached hydrogens (tertiary/aromatic N) is 2. The van der Waals surface area contributed by atoms with Crippen LogP contribution in [0.5, 0.6) is 0 Å². The highest BCUT2D eigenvalue weighted by Gasteiger charge is 2.31. The lowest BCUT2D eigenvalue weighted by Crippen LogP contribution is -2.54. The summed E-state index contributed by atoms with van der Waals surface area (Å²) in [5.74, 6) is -1.26. The molecule has 0 heterocycles. The van der Waals surface area contributed by atoms with Gasteiger partial charge in [-0.3, -0.25) is 18.7 Å². The first kappa shape index (κ1) is 29.6. The highest BCUT2D eigenvalue weighted by atomic mass is 35.5. The van der Waals surface area contributed by atoms with E-state index in [-0.39, 0.29) is 23.0 Å². The number of nitrogens with one attached hydrogen (secondary N) is 1. The van der Waals surface area contributed by atoms with Crippen LogP contribution in [0.4, 0.5) is 5.69 Å². The lowest BCUT2D eigenvalue weighted by Gasteiger charge is -2.33. The summed E-state index contributed by atoms with van der Waals surface area (Å²) < 4.78 is 26.2. The van der Waals surface area contributed by atoms with Crippen LogP contribution in [0.1, 0.15) is 50.5 Å². The molecule has 0 aliphatic heterocycles. The van der Waals surface area contributed by atoms with E-state index in [9.17, 15) is 22.8 Å². The number of benzene rings is 2. The minimum Gasteiger partial charge on any atom is -0.350 e. The van der Waals surface area contributed by atoms with Crippen molar-refractivity contribution in [2.45, 2.75) is 52.7 Å². The van der Waals surface area contributed by atoms with E-state index in [1.165, 1.54) is 24.0 Å². The highest BCUT2D eigenvalue weighted by Crippen LogP contribution is 2.25. The molecule has 0 unspecified atom stereocenters. The van der Waals surface area contributed by atoms with Crippen LogP contribution in [0, 0.1) is 0 Å². The van der Waals surface area contributed by atoms with Crippen LogP contribution in [0.2, 0.25) is 10.0 Å². The number of rotatable bonds is 9. The minimum absolute atomic E-state index is 0.0143. The van der Waals surface area contributed by atoms with Crippen LogP contribution < -0.4 is 9.62 Å². The van der Waals surface area contributed by atoms with Gasteiger partial charge in [-0.25, -0.2) is 8.42 Å². The van der Waals surface area contributed by atoms with E-state index in [1.54, 1.807) is 37.3 Å². The van der Waals surface area contributed by atoms with E-state index >= 15 is 0 Å². The number of Topliss-reactive ketones (excluding diaryl/α,β-unsaturated/α-hetero) is 1. The number of anilines is 1. The zero-order valence-electron chi connectivity index (χ0n) is 21.1. The predicted molar refractivity (Wildman–Crippen MR) is 143 cm³/mol. The highest BCUT2D eigenvalue weighted by molar-refractivity contribution is 7.92. The molecule has 2 aromatic rings. The second-order valence-corrected chi connectivity index (χ2v) is 12.3. The Morgan fingerprint density at radius 2 is 1.67 bits per heavy atom. The first-order valence-electron chi connectivity index (χ1n) is 11.1. The molecule has 0 aromatic heterocycles. The van der Waals surface area contributed by atoms with Crippen molar-refractivity contribution in [3.63, 3.8) is 0 Å². The number of ketones is 1. The predicted octanol–water partition coefficient (Wildman–Crippen LogP) is 4.29. The average Bonchev–Trinajstić information content (AvgIpc) is 2.75. The first-order chi connectivity index (χ1) is 16.5. The second-order valence-electron chi connectivity index (χ2n) is 9.56. The summed E-state index contributed by atoms with van der Waals surface area (Å²) in [6.07, 6.45) is 0.972. The molecule has 36 heavy (non-hydrogen) atoms. The third kappa shape index (κ3) is 8.21. The Hall–Kier alpha value is -2.62. The number of hydrogen-bond donors (Lipinski definition) is 1. The van der Waals surface area contributed by atoms with Crippen LogP contribution in [-0.2, 0) is 26.2 Å². The fourth-order valence-corrected chi connectivity index (χ4v) is 4.55. The summed E-state index contributed by atoms with van der Waals surface area (Å²) in [7, 11) is -3.91. The molecule has 2 rings (SSSR count). The second kappa shape index (κ2) is 11.6. The number of sulfonamides is 1. The quantitative estimate of drug-likeness (QED) is 0.464. The van der Waals surface area contributed by atoms with Gasteiger partial charge in [0.2, 0.25) is 21.8 Å². The summed E-state index contributed by atoms with van der Waals surface area (Å²) in [5, 5.41) is 3.47. The van der Waals surface area contributed by atoms with Crippen molar-refractivity contribution in [2.24, 2.45) is 0 Å². The van der Waals surface area contributed by atoms with Crippen molar-refractivity contribution in [1.82, 2.24) is 10.2 Å². The van der Waals surface area contributed by atoms with Crippen LogP contribution in [0.15, 0.2) is 42.5 Å². The Morgan fingerprint density at radius 3 is 2.19 bits per heavy atom. The molecule has 0 aliphatic carbocycles. The molecular weight excluding hydrogens is 525 g/mol. The molecule has 8 nitrogen and oxygen atoms in total. The van der Waals surface area contributed by atoms with Gasteiger partial charge in [0.1, 0.15) is 12.6 Å². The van der Waals surface area contributed by atoms with Gasteiger partial charge in [-0.1, -0.05) is 41.4 Å². The van der Waals surface area contributed by atoms with E-state index in [1.807, 2.05) is 20.8 Å². The van der Waals surface area contributed by atoms with Crippen molar-refractivity contribution in [3.05, 3.63) is 63.6 Å². The molecule has 0 spiro atoms. The van der Waals surface area contributed by atoms with E-state index in [0.717, 1.165) is 10.6 Å². The fraction of sp³-hybridized carbons (Fsp3) is 0.400. The van der Waals surface area contributed by atoms with Crippen molar-refractivity contribution in [2.75, 3.05) is 17.1 Å². The number of carbonyl (C=O) groups excluding carboxylic acids is 3. The zero-order chi connectivity index (χ0) is 27.4. The first-order valence-corrected chi connectivity index (χ1v) is 13.7. The van der Waals surface area contributed by atoms with E-state index in [2.05, 4.69) is 5.32 Å². The largest absolute Gasteiger partial charge is 0.350 e. The Labute approximate surface area is 222 Å². The molecular formula is C25H31Cl2N3O5S. The lowest BCUT2D eigenvalue weighted by atomic mass is 10.1. The molecule has 11 heteroatoms. The lowest BCUT2D eigenvalue weighted by molar-refractivity contribution is -0.140. The molecule has 0 bridgehead atoms. The van der Waals surface area contributed by atoms with Crippen molar-refractivity contribution in [3.8, 4) is 0 Å². The molecule has 0 radical (unpaired) electrons. The van der Waals surface area contributed by atoms with Gasteiger partial charge >= 0.3 is 0 Å². The maximum absolute atomic E-state index is 13.6. The van der Waals surface area contributed by atoms with Gasteiger partial charge in [0.25, 0.3) is 0 Å². The summed E-state index contributed by atoms with van der Waals surface area (Å²) in [6.45, 7) is 7.79. The van der Waals surface area contributed by atoms with Gasteiger partial charge in [0.05, 0.1) is 22.0 Å². The SMILES string of the molecule is CC(=O)c1cccc(N(CC(=O)N(Cc2ccc(Cl)c(Cl)c2)[C@@H](C)C(=O)NC(C)(C)C)S(C)(=O)=O)c1. The monoisotopic (exact) mass is 555 g/mol. The standard InChI is InChI=1S/C25H31Cl2N3O5S/c1-16(24(33)28-25(3,4)5)29(14-18-10-11-21(26)22(27)12-18)23(32)15-30(36(6,34)35)20-9-7-8-19(13-20)17(2)31/h7-13,16H,14-15H2,1-6H3,(H,28,33)/t16-/m0/s1. The van der Waals surface area contributed by atoms with Crippen LogP contribution in [0.25, 0.3) is 0 Å². The molecule has 0 saturated carbocycles. The molecule has 0 aliphatic rings. The normalized spacial score (nSPS) is 12.6. The van der Waals surface area contributed by atoms with E-state index in [4.69, 9.17) is 23.2 Å². The van der Waals surface area contributed by atoms with Gasteiger partial charge in [-0.05, 0) is 64.4 Å². The van der Waals surface area contributed by atoms with Crippen molar-refractivity contribution < 1.29 is 22.8 Å². The average molecular weight is 557 g/mol. The van der Waals surface area contributed by atoms with Crippen LogP contribution in [0.3, 0.4) is 0 Å². The third-order valence-electron chi connectivity index (χ3n) is 5.22. The van der Waals surface area contributed by atoms with E-state index < -0.39 is 40.0 Å². The maximum atomic E-state index is 13.6. The molecule has 196 valence electrons. The topological polar surface area (TPSA) is 104 Å². The Balaban J connectivity index is 2.47. The van der Waals surface area contributed by atoms with Crippen molar-refractivity contribution >= 4 is 56.5 Å². The summed E-state index contributed by atoms with van der Waals surface area (Å²) >= 11 is 12.2. The van der Waals surface area contributed by atoms with Gasteiger partial charge in [0, 0.05) is 17.6 Å². The Morgan fingerprint density at radius 1 is 1.03 bits per heavy atom. The number of amides is 2. The molecule has 2 amide bonds. The third-order valence-corrected chi connectivity index (χ3v) is 7.10. The molecule has 0 fully saturated rings. The van der Waals surface area contributed by atoms with Crippen LogP contribution in [-0.4, -0.2) is 55.3 Å². The molecule has 1 N–H and O–H groups in total. The number of halogens is 2. The minimum atomic E-state index is -3.91. The van der Waals surface area contributed by atoms with Gasteiger partial charge in [-0.15, -0.1) is 0 Å². The summed E-state index contributed by atoms with van der Waals surface area (Å²) in [5.41, 5.74) is 0.534. The maximum Gasteiger partial charge on any atom is 0.244 e. The number of carbonyl (C=O) groups is 3.